The topological polar surface area (TPSA) is 136 Å². The Morgan fingerprint density at radius 1 is 1.19 bits per heavy atom. The molecule has 0 bridgehead atoms. The van der Waals surface area contributed by atoms with Crippen molar-refractivity contribution < 1.29 is 35.9 Å². The van der Waals surface area contributed by atoms with Crippen molar-refractivity contribution in [2.45, 2.75) is 11.1 Å². The van der Waals surface area contributed by atoms with Crippen molar-refractivity contribution in [2.24, 2.45) is 0 Å². The molecule has 0 unspecified atom stereocenters. The van der Waals surface area contributed by atoms with Crippen LogP contribution >= 0.6 is 0 Å². The van der Waals surface area contributed by atoms with E-state index in [1.165, 1.54) is 43.3 Å². The standard InChI is InChI=1S/C17H17F3N6O5S/c1-4-9-30-11-7-5-6-8-12(11)32(28,29)25-15(27)22-13-21-14(26(2)3)24-16(23-13)31-10-17(18,19)20/h1,5-8H,9-10H2,2-3H3,(H2,21,22,23,24,25,27). The third-order valence-corrected chi connectivity index (χ3v) is 4.64. The summed E-state index contributed by atoms with van der Waals surface area (Å²) in [6.07, 6.45) is 0.440. The van der Waals surface area contributed by atoms with E-state index >= 15 is 0 Å². The second-order valence-electron chi connectivity index (χ2n) is 6.04. The zero-order valence-corrected chi connectivity index (χ0v) is 17.5. The van der Waals surface area contributed by atoms with Gasteiger partial charge in [-0.1, -0.05) is 18.1 Å². The van der Waals surface area contributed by atoms with E-state index in [0.717, 1.165) is 0 Å². The minimum atomic E-state index is -4.65. The van der Waals surface area contributed by atoms with Gasteiger partial charge >= 0.3 is 18.2 Å². The van der Waals surface area contributed by atoms with Crippen molar-refractivity contribution >= 4 is 28.0 Å². The summed E-state index contributed by atoms with van der Waals surface area (Å²) in [7, 11) is -1.47. The molecule has 0 saturated heterocycles. The van der Waals surface area contributed by atoms with E-state index in [-0.39, 0.29) is 23.2 Å². The van der Waals surface area contributed by atoms with Crippen molar-refractivity contribution in [1.29, 1.82) is 0 Å². The van der Waals surface area contributed by atoms with Gasteiger partial charge in [-0.2, -0.15) is 28.1 Å². The predicted molar refractivity (Wildman–Crippen MR) is 106 cm³/mol. The molecule has 0 aliphatic carbocycles. The number of nitrogens with one attached hydrogen (secondary N) is 2. The Morgan fingerprint density at radius 2 is 1.88 bits per heavy atom. The van der Waals surface area contributed by atoms with Gasteiger partial charge in [-0.25, -0.2) is 17.9 Å². The largest absolute Gasteiger partial charge is 0.480 e. The van der Waals surface area contributed by atoms with Crippen molar-refractivity contribution in [3.63, 3.8) is 0 Å². The quantitative estimate of drug-likeness (QED) is 0.544. The number of aromatic nitrogens is 3. The smallest absolute Gasteiger partial charge is 0.422 e. The maximum atomic E-state index is 12.6. The van der Waals surface area contributed by atoms with Gasteiger partial charge in [0, 0.05) is 14.1 Å². The van der Waals surface area contributed by atoms with Crippen LogP contribution in [0.1, 0.15) is 0 Å². The van der Waals surface area contributed by atoms with Gasteiger partial charge in [-0.05, 0) is 12.1 Å². The molecule has 0 spiro atoms. The Morgan fingerprint density at radius 3 is 2.50 bits per heavy atom. The highest BCUT2D eigenvalue weighted by Gasteiger charge is 2.29. The number of amides is 2. The van der Waals surface area contributed by atoms with E-state index in [1.54, 1.807) is 4.72 Å². The number of carbonyl (C=O) groups excluding carboxylic acids is 1. The van der Waals surface area contributed by atoms with E-state index in [0.29, 0.717) is 0 Å². The molecule has 2 rings (SSSR count). The third-order valence-electron chi connectivity index (χ3n) is 3.27. The van der Waals surface area contributed by atoms with Gasteiger partial charge in [0.15, 0.2) is 6.61 Å². The van der Waals surface area contributed by atoms with Gasteiger partial charge in [-0.15, -0.1) is 6.42 Å². The maximum Gasteiger partial charge on any atom is 0.422 e. The first-order valence-corrected chi connectivity index (χ1v) is 10.0. The average Bonchev–Trinajstić information content (AvgIpc) is 2.69. The molecule has 172 valence electrons. The molecule has 0 atom stereocenters. The molecule has 11 nitrogen and oxygen atoms in total. The zero-order chi connectivity index (χ0) is 23.9. The molecule has 1 aromatic carbocycles. The third kappa shape index (κ3) is 7.16. The van der Waals surface area contributed by atoms with Crippen molar-refractivity contribution in [3.05, 3.63) is 24.3 Å². The molecule has 0 aliphatic rings. The molecule has 0 aliphatic heterocycles. The van der Waals surface area contributed by atoms with E-state index < -0.39 is 40.8 Å². The highest BCUT2D eigenvalue weighted by atomic mass is 32.2. The molecule has 32 heavy (non-hydrogen) atoms. The van der Waals surface area contributed by atoms with Crippen LogP contribution in [0.25, 0.3) is 0 Å². The van der Waals surface area contributed by atoms with Crippen LogP contribution in [0.5, 0.6) is 11.8 Å². The van der Waals surface area contributed by atoms with E-state index in [9.17, 15) is 26.4 Å². The normalized spacial score (nSPS) is 11.2. The fourth-order valence-electron chi connectivity index (χ4n) is 2.03. The number of benzene rings is 1. The summed E-state index contributed by atoms with van der Waals surface area (Å²) >= 11 is 0. The average molecular weight is 474 g/mol. The van der Waals surface area contributed by atoms with Gasteiger partial charge in [0.2, 0.25) is 11.9 Å². The van der Waals surface area contributed by atoms with Crippen LogP contribution in [-0.2, 0) is 10.0 Å². The zero-order valence-electron chi connectivity index (χ0n) is 16.7. The Hall–Kier alpha value is -3.80. The number of hydrogen-bond acceptors (Lipinski definition) is 9. The summed E-state index contributed by atoms with van der Waals surface area (Å²) in [4.78, 5) is 24.2. The number of carbonyl (C=O) groups is 1. The number of ether oxygens (including phenoxy) is 2. The molecule has 1 aromatic heterocycles. The number of anilines is 2. The minimum absolute atomic E-state index is 0.0938. The molecule has 0 saturated carbocycles. The fraction of sp³-hybridized carbons (Fsp3) is 0.294. The van der Waals surface area contributed by atoms with Gasteiger partial charge in [0.1, 0.15) is 17.3 Å². The Labute approximate surface area is 181 Å². The predicted octanol–water partition coefficient (Wildman–Crippen LogP) is 1.40. The lowest BCUT2D eigenvalue weighted by Gasteiger charge is -2.14. The van der Waals surface area contributed by atoms with Gasteiger partial charge in [-0.3, -0.25) is 5.32 Å². The number of terminal acetylenes is 1. The second-order valence-corrected chi connectivity index (χ2v) is 7.69. The van der Waals surface area contributed by atoms with Crippen LogP contribution in [0, 0.1) is 12.3 Å². The first-order chi connectivity index (χ1) is 14.9. The number of nitrogens with zero attached hydrogens (tertiary/aromatic N) is 4. The highest BCUT2D eigenvalue weighted by molar-refractivity contribution is 7.90. The van der Waals surface area contributed by atoms with Crippen LogP contribution in [0.15, 0.2) is 29.2 Å². The number of hydrogen-bond donors (Lipinski definition) is 2. The van der Waals surface area contributed by atoms with Crippen LogP contribution < -0.4 is 24.4 Å². The molecule has 1 heterocycles. The van der Waals surface area contributed by atoms with Crippen LogP contribution in [0.2, 0.25) is 0 Å². The van der Waals surface area contributed by atoms with Crippen LogP contribution in [0.3, 0.4) is 0 Å². The number of halogens is 3. The van der Waals surface area contributed by atoms with E-state index in [2.05, 4.69) is 25.6 Å². The number of sulfonamides is 1. The Balaban J connectivity index is 2.22. The van der Waals surface area contributed by atoms with Crippen molar-refractivity contribution in [3.8, 4) is 24.1 Å². The summed E-state index contributed by atoms with van der Waals surface area (Å²) in [6.45, 7) is -1.89. The number of urea groups is 1. The first-order valence-electron chi connectivity index (χ1n) is 8.53. The summed E-state index contributed by atoms with van der Waals surface area (Å²) in [5, 5.41) is 2.01. The number of rotatable bonds is 8. The summed E-state index contributed by atoms with van der Waals surface area (Å²) in [5.41, 5.74) is 0. The van der Waals surface area contributed by atoms with Gasteiger partial charge in [0.05, 0.1) is 0 Å². The summed E-state index contributed by atoms with van der Waals surface area (Å²) in [6, 6.07) is 3.39. The van der Waals surface area contributed by atoms with E-state index in [1.807, 2.05) is 5.32 Å². The number of alkyl halides is 3. The number of para-hydroxylation sites is 1. The fourth-order valence-corrected chi connectivity index (χ4v) is 3.08. The molecule has 0 fully saturated rings. The molecule has 2 N–H and O–H groups in total. The van der Waals surface area contributed by atoms with Crippen LogP contribution in [0.4, 0.5) is 29.9 Å². The Kier molecular flexibility index (Phi) is 7.65. The summed E-state index contributed by atoms with van der Waals surface area (Å²) < 4.78 is 73.6. The molecular weight excluding hydrogens is 457 g/mol. The lowest BCUT2D eigenvalue weighted by Crippen LogP contribution is -2.35. The van der Waals surface area contributed by atoms with Crippen LogP contribution in [-0.4, -0.2) is 62.9 Å². The molecule has 2 amide bonds. The summed E-state index contributed by atoms with van der Waals surface area (Å²) in [5.74, 6) is 1.39. The molecule has 0 radical (unpaired) electrons. The second kappa shape index (κ2) is 10.0. The van der Waals surface area contributed by atoms with Gasteiger partial charge < -0.3 is 14.4 Å². The lowest BCUT2D eigenvalue weighted by atomic mass is 10.3. The lowest BCUT2D eigenvalue weighted by molar-refractivity contribution is -0.154. The van der Waals surface area contributed by atoms with Crippen molar-refractivity contribution in [1.82, 2.24) is 19.7 Å². The molecular formula is C17H17F3N6O5S. The highest BCUT2D eigenvalue weighted by Crippen LogP contribution is 2.23. The minimum Gasteiger partial charge on any atom is -0.480 e. The molecule has 2 aromatic rings. The Bertz CT molecular complexity index is 1120. The molecule has 15 heteroatoms. The first kappa shape index (κ1) is 24.5. The SMILES string of the molecule is C#CCOc1ccccc1S(=O)(=O)NC(=O)Nc1nc(OCC(F)(F)F)nc(N(C)C)n1. The van der Waals surface area contributed by atoms with Crippen molar-refractivity contribution in [2.75, 3.05) is 37.5 Å². The monoisotopic (exact) mass is 474 g/mol. The van der Waals surface area contributed by atoms with E-state index in [4.69, 9.17) is 11.2 Å². The maximum absolute atomic E-state index is 12.6. The van der Waals surface area contributed by atoms with Gasteiger partial charge in [0.25, 0.3) is 10.0 Å².